The van der Waals surface area contributed by atoms with Crippen LogP contribution in [0.25, 0.3) is 22.6 Å². The highest BCUT2D eigenvalue weighted by Crippen LogP contribution is 2.28. The largest absolute Gasteiger partial charge is 0.463 e. The molecule has 0 aliphatic heterocycles. The molecular formula is C21H16N4O7. The first kappa shape index (κ1) is 20.7. The maximum Gasteiger partial charge on any atom is 0.339 e. The SMILES string of the molecule is Cc1ccc([N+](=O)[O-])cc1NC(=O)COC(=O)c1cc(-c2ccco2)nc2onc(C)c12. The van der Waals surface area contributed by atoms with Crippen LogP contribution >= 0.6 is 0 Å². The zero-order valence-corrected chi connectivity index (χ0v) is 16.9. The van der Waals surface area contributed by atoms with Crippen LogP contribution in [0.15, 0.2) is 51.6 Å². The predicted octanol–water partition coefficient (Wildman–Crippen LogP) is 3.80. The van der Waals surface area contributed by atoms with Crippen LogP contribution in [0, 0.1) is 24.0 Å². The molecule has 3 aromatic heterocycles. The van der Waals surface area contributed by atoms with Crippen molar-refractivity contribution in [2.24, 2.45) is 0 Å². The van der Waals surface area contributed by atoms with E-state index in [9.17, 15) is 19.7 Å². The van der Waals surface area contributed by atoms with Gasteiger partial charge in [-0.05, 0) is 37.6 Å². The summed E-state index contributed by atoms with van der Waals surface area (Å²) in [5.41, 5.74) is 1.70. The molecule has 0 saturated carbocycles. The molecule has 1 amide bonds. The number of hydrogen-bond acceptors (Lipinski definition) is 9. The van der Waals surface area contributed by atoms with Gasteiger partial charge in [0.05, 0.1) is 33.5 Å². The Morgan fingerprint density at radius 1 is 1.22 bits per heavy atom. The molecule has 32 heavy (non-hydrogen) atoms. The van der Waals surface area contributed by atoms with Crippen LogP contribution in [0.5, 0.6) is 0 Å². The molecule has 1 N–H and O–H groups in total. The molecule has 4 aromatic rings. The van der Waals surface area contributed by atoms with Gasteiger partial charge in [-0.1, -0.05) is 11.2 Å². The highest BCUT2D eigenvalue weighted by molar-refractivity contribution is 6.05. The van der Waals surface area contributed by atoms with Crippen molar-refractivity contribution in [1.29, 1.82) is 0 Å². The maximum absolute atomic E-state index is 12.8. The van der Waals surface area contributed by atoms with Crippen LogP contribution in [0.3, 0.4) is 0 Å². The van der Waals surface area contributed by atoms with Gasteiger partial charge >= 0.3 is 5.97 Å². The summed E-state index contributed by atoms with van der Waals surface area (Å²) >= 11 is 0. The Morgan fingerprint density at radius 2 is 2.03 bits per heavy atom. The minimum absolute atomic E-state index is 0.111. The first-order chi connectivity index (χ1) is 15.3. The normalized spacial score (nSPS) is 10.8. The van der Waals surface area contributed by atoms with Crippen molar-refractivity contribution in [2.45, 2.75) is 13.8 Å². The zero-order chi connectivity index (χ0) is 22.8. The topological polar surface area (TPSA) is 151 Å². The molecule has 3 heterocycles. The summed E-state index contributed by atoms with van der Waals surface area (Å²) in [5.74, 6) is -1.03. The molecule has 4 rings (SSSR count). The Hall–Kier alpha value is -4.54. The van der Waals surface area contributed by atoms with Crippen molar-refractivity contribution < 1.29 is 28.2 Å². The number of furan rings is 1. The lowest BCUT2D eigenvalue weighted by Gasteiger charge is -2.09. The number of aromatic nitrogens is 2. The quantitative estimate of drug-likeness (QED) is 0.270. The van der Waals surface area contributed by atoms with E-state index in [2.05, 4.69) is 15.5 Å². The van der Waals surface area contributed by atoms with Gasteiger partial charge in [0.1, 0.15) is 5.69 Å². The van der Waals surface area contributed by atoms with Gasteiger partial charge in [-0.25, -0.2) is 9.78 Å². The van der Waals surface area contributed by atoms with E-state index < -0.39 is 23.4 Å². The molecule has 0 unspecified atom stereocenters. The summed E-state index contributed by atoms with van der Waals surface area (Å²) in [6, 6.07) is 8.89. The van der Waals surface area contributed by atoms with E-state index in [-0.39, 0.29) is 22.7 Å². The third kappa shape index (κ3) is 4.03. The molecule has 0 radical (unpaired) electrons. The fourth-order valence-corrected chi connectivity index (χ4v) is 3.06. The molecule has 1 aromatic carbocycles. The van der Waals surface area contributed by atoms with Crippen LogP contribution in [0.2, 0.25) is 0 Å². The number of fused-ring (bicyclic) bond motifs is 1. The molecule has 11 nitrogen and oxygen atoms in total. The van der Waals surface area contributed by atoms with Gasteiger partial charge in [0.25, 0.3) is 17.3 Å². The molecule has 0 fully saturated rings. The molecule has 162 valence electrons. The molecule has 11 heteroatoms. The van der Waals surface area contributed by atoms with E-state index in [1.54, 1.807) is 26.0 Å². The van der Waals surface area contributed by atoms with Crippen LogP contribution in [-0.4, -0.2) is 33.5 Å². The third-order valence-corrected chi connectivity index (χ3v) is 4.65. The molecular weight excluding hydrogens is 420 g/mol. The predicted molar refractivity (Wildman–Crippen MR) is 111 cm³/mol. The number of nitro benzene ring substituents is 1. The van der Waals surface area contributed by atoms with Crippen molar-refractivity contribution in [3.8, 4) is 11.5 Å². The van der Waals surface area contributed by atoms with Crippen molar-refractivity contribution in [1.82, 2.24) is 10.1 Å². The van der Waals surface area contributed by atoms with Gasteiger partial charge in [0.2, 0.25) is 0 Å². The fraction of sp³-hybridized carbons (Fsp3) is 0.143. The summed E-state index contributed by atoms with van der Waals surface area (Å²) in [7, 11) is 0. The van der Waals surface area contributed by atoms with Gasteiger partial charge in [0, 0.05) is 12.1 Å². The summed E-state index contributed by atoms with van der Waals surface area (Å²) in [6.07, 6.45) is 1.46. The van der Waals surface area contributed by atoms with Gasteiger partial charge < -0.3 is 19.0 Å². The minimum Gasteiger partial charge on any atom is -0.463 e. The second kappa shape index (κ2) is 8.30. The number of ether oxygens (including phenoxy) is 1. The van der Waals surface area contributed by atoms with Gasteiger partial charge in [-0.15, -0.1) is 0 Å². The van der Waals surface area contributed by atoms with E-state index in [4.69, 9.17) is 13.7 Å². The van der Waals surface area contributed by atoms with Gasteiger partial charge in [-0.2, -0.15) is 0 Å². The number of benzene rings is 1. The Kier molecular flexibility index (Phi) is 5.37. The lowest BCUT2D eigenvalue weighted by atomic mass is 10.1. The van der Waals surface area contributed by atoms with E-state index in [0.717, 1.165) is 0 Å². The molecule has 0 atom stereocenters. The maximum atomic E-state index is 12.8. The summed E-state index contributed by atoms with van der Waals surface area (Å²) in [6.45, 7) is 2.73. The number of aryl methyl sites for hydroxylation is 2. The summed E-state index contributed by atoms with van der Waals surface area (Å²) in [4.78, 5) is 39.8. The molecule has 0 aliphatic rings. The number of nitrogens with zero attached hydrogens (tertiary/aromatic N) is 3. The smallest absolute Gasteiger partial charge is 0.339 e. The number of hydrogen-bond donors (Lipinski definition) is 1. The van der Waals surface area contributed by atoms with Crippen LogP contribution in [-0.2, 0) is 9.53 Å². The van der Waals surface area contributed by atoms with Crippen molar-refractivity contribution >= 4 is 34.4 Å². The van der Waals surface area contributed by atoms with Crippen molar-refractivity contribution in [3.63, 3.8) is 0 Å². The third-order valence-electron chi connectivity index (χ3n) is 4.65. The Balaban J connectivity index is 1.53. The number of pyridine rings is 1. The van der Waals surface area contributed by atoms with Gasteiger partial charge in [0.15, 0.2) is 12.4 Å². The van der Waals surface area contributed by atoms with E-state index in [1.165, 1.54) is 30.5 Å². The van der Waals surface area contributed by atoms with Gasteiger partial charge in [-0.3, -0.25) is 14.9 Å². The molecule has 0 spiro atoms. The van der Waals surface area contributed by atoms with E-state index >= 15 is 0 Å². The Morgan fingerprint density at radius 3 is 2.75 bits per heavy atom. The van der Waals surface area contributed by atoms with Crippen molar-refractivity contribution in [2.75, 3.05) is 11.9 Å². The number of amides is 1. The minimum atomic E-state index is -0.789. The average Bonchev–Trinajstić information content (AvgIpc) is 3.43. The summed E-state index contributed by atoms with van der Waals surface area (Å²) in [5, 5.41) is 17.7. The number of nitrogens with one attached hydrogen (secondary N) is 1. The van der Waals surface area contributed by atoms with Crippen LogP contribution in [0.4, 0.5) is 11.4 Å². The monoisotopic (exact) mass is 436 g/mol. The highest BCUT2D eigenvalue weighted by Gasteiger charge is 2.22. The highest BCUT2D eigenvalue weighted by atomic mass is 16.6. The zero-order valence-electron chi connectivity index (χ0n) is 16.9. The second-order valence-corrected chi connectivity index (χ2v) is 6.86. The van der Waals surface area contributed by atoms with E-state index in [0.29, 0.717) is 28.1 Å². The lowest BCUT2D eigenvalue weighted by molar-refractivity contribution is -0.384. The van der Waals surface area contributed by atoms with Crippen molar-refractivity contribution in [3.05, 3.63) is 69.6 Å². The number of esters is 1. The number of anilines is 1. The number of carbonyl (C=O) groups excluding carboxylic acids is 2. The van der Waals surface area contributed by atoms with Crippen LogP contribution < -0.4 is 5.32 Å². The standard InChI is InChI=1S/C21H16N4O7/c1-11-5-6-13(25(28)29)8-15(11)22-18(26)10-31-21(27)14-9-16(17-4-3-7-30-17)23-20-19(14)12(2)24-32-20/h3-9H,10H2,1-2H3,(H,22,26). The number of rotatable bonds is 6. The number of non-ortho nitro benzene ring substituents is 1. The number of carbonyl (C=O) groups is 2. The molecule has 0 bridgehead atoms. The Bertz CT molecular complexity index is 1340. The second-order valence-electron chi connectivity index (χ2n) is 6.86. The van der Waals surface area contributed by atoms with Crippen LogP contribution in [0.1, 0.15) is 21.6 Å². The first-order valence-electron chi connectivity index (χ1n) is 9.36. The first-order valence-corrected chi connectivity index (χ1v) is 9.36. The lowest BCUT2D eigenvalue weighted by Crippen LogP contribution is -2.21. The fourth-order valence-electron chi connectivity index (χ4n) is 3.06. The van der Waals surface area contributed by atoms with E-state index in [1.807, 2.05) is 0 Å². The summed E-state index contributed by atoms with van der Waals surface area (Å²) < 4.78 is 15.7. The molecule has 0 aliphatic carbocycles. The average molecular weight is 436 g/mol. The number of nitro groups is 1. The molecule has 0 saturated heterocycles. The Labute approximate surface area is 180 Å².